The van der Waals surface area contributed by atoms with Gasteiger partial charge < -0.3 is 9.88 Å². The minimum atomic E-state index is -0.320. The van der Waals surface area contributed by atoms with Gasteiger partial charge in [-0.2, -0.15) is 0 Å². The van der Waals surface area contributed by atoms with Crippen LogP contribution in [0.3, 0.4) is 0 Å². The van der Waals surface area contributed by atoms with Crippen LogP contribution in [-0.2, 0) is 11.3 Å². The third-order valence-corrected chi connectivity index (χ3v) is 6.06. The Morgan fingerprint density at radius 3 is 2.88 bits per heavy atom. The van der Waals surface area contributed by atoms with Gasteiger partial charge in [-0.25, -0.2) is 0 Å². The molecule has 5 nitrogen and oxygen atoms in total. The van der Waals surface area contributed by atoms with Crippen LogP contribution in [0.25, 0.3) is 10.7 Å². The van der Waals surface area contributed by atoms with Gasteiger partial charge in [0.2, 0.25) is 5.91 Å². The molecule has 0 spiro atoms. The fourth-order valence-corrected chi connectivity index (χ4v) is 4.23. The van der Waals surface area contributed by atoms with Gasteiger partial charge in [-0.15, -0.1) is 21.5 Å². The summed E-state index contributed by atoms with van der Waals surface area (Å²) < 4.78 is 2.03. The summed E-state index contributed by atoms with van der Waals surface area (Å²) in [6.07, 6.45) is 0. The Balaban J connectivity index is 1.74. The highest BCUT2D eigenvalue weighted by Gasteiger charge is 2.21. The fraction of sp³-hybridized carbons (Fsp3) is 0.278. The molecule has 8 heteroatoms. The topological polar surface area (TPSA) is 59.8 Å². The summed E-state index contributed by atoms with van der Waals surface area (Å²) in [4.78, 5) is 13.7. The summed E-state index contributed by atoms with van der Waals surface area (Å²) in [6.45, 7) is 6.58. The zero-order valence-electron chi connectivity index (χ0n) is 14.7. The van der Waals surface area contributed by atoms with Gasteiger partial charge in [0.15, 0.2) is 11.0 Å². The third kappa shape index (κ3) is 4.11. The van der Waals surface area contributed by atoms with Gasteiger partial charge in [0.1, 0.15) is 0 Å². The normalized spacial score (nSPS) is 12.2. The number of amides is 1. The number of halogens is 1. The van der Waals surface area contributed by atoms with Crippen molar-refractivity contribution in [2.45, 2.75) is 37.7 Å². The molecular formula is C18H19ClN4OS2. The number of benzene rings is 1. The second-order valence-electron chi connectivity index (χ2n) is 5.74. The number of thioether (sulfide) groups is 1. The van der Waals surface area contributed by atoms with Gasteiger partial charge in [-0.05, 0) is 49.9 Å². The Kier molecular flexibility index (Phi) is 6.01. The molecule has 1 atom stereocenters. The molecule has 1 amide bonds. The molecule has 0 aliphatic rings. The lowest BCUT2D eigenvalue weighted by atomic mass is 10.2. The van der Waals surface area contributed by atoms with Crippen LogP contribution < -0.4 is 5.32 Å². The quantitative estimate of drug-likeness (QED) is 0.578. The van der Waals surface area contributed by atoms with E-state index in [0.29, 0.717) is 5.02 Å². The summed E-state index contributed by atoms with van der Waals surface area (Å²) in [5, 5.41) is 14.6. The molecule has 3 rings (SSSR count). The maximum absolute atomic E-state index is 12.6. The van der Waals surface area contributed by atoms with Crippen molar-refractivity contribution >= 4 is 46.3 Å². The van der Waals surface area contributed by atoms with E-state index in [2.05, 4.69) is 15.5 Å². The molecule has 0 fully saturated rings. The number of rotatable bonds is 6. The molecule has 1 aromatic carbocycles. The number of nitrogens with zero attached hydrogens (tertiary/aromatic N) is 3. The molecule has 3 aromatic rings. The standard InChI is InChI=1S/C18H19ClN4OS2/c1-4-23-16(15-6-5-9-25-15)21-22-18(23)26-12(3)17(24)20-14-10-13(19)8-7-11(14)2/h5-10,12H,4H2,1-3H3,(H,20,24). The van der Waals surface area contributed by atoms with Crippen molar-refractivity contribution in [3.05, 3.63) is 46.3 Å². The Morgan fingerprint density at radius 2 is 2.19 bits per heavy atom. The van der Waals surface area contributed by atoms with Gasteiger partial charge in [-0.3, -0.25) is 4.79 Å². The number of hydrogen-bond donors (Lipinski definition) is 1. The number of carbonyl (C=O) groups is 1. The zero-order chi connectivity index (χ0) is 18.7. The Hall–Kier alpha value is -1.83. The molecule has 1 N–H and O–H groups in total. The van der Waals surface area contributed by atoms with Crippen LogP contribution in [0.1, 0.15) is 19.4 Å². The van der Waals surface area contributed by atoms with E-state index in [1.54, 1.807) is 23.5 Å². The maximum atomic E-state index is 12.6. The Morgan fingerprint density at radius 1 is 1.38 bits per heavy atom. The van der Waals surface area contributed by atoms with E-state index < -0.39 is 0 Å². The number of hydrogen-bond acceptors (Lipinski definition) is 5. The van der Waals surface area contributed by atoms with E-state index in [1.165, 1.54) is 11.8 Å². The van der Waals surface area contributed by atoms with Crippen LogP contribution in [-0.4, -0.2) is 25.9 Å². The van der Waals surface area contributed by atoms with Crippen LogP contribution in [0, 0.1) is 6.92 Å². The predicted octanol–water partition coefficient (Wildman–Crippen LogP) is 5.11. The first-order chi connectivity index (χ1) is 12.5. The molecule has 2 aromatic heterocycles. The average molecular weight is 407 g/mol. The van der Waals surface area contributed by atoms with Crippen molar-refractivity contribution in [2.75, 3.05) is 5.32 Å². The molecule has 0 bridgehead atoms. The number of aromatic nitrogens is 3. The van der Waals surface area contributed by atoms with Gasteiger partial charge in [0.05, 0.1) is 10.1 Å². The summed E-state index contributed by atoms with van der Waals surface area (Å²) in [6, 6.07) is 9.46. The molecule has 0 saturated heterocycles. The van der Waals surface area contributed by atoms with Gasteiger partial charge in [0.25, 0.3) is 0 Å². The summed E-state index contributed by atoms with van der Waals surface area (Å²) >= 11 is 9.05. The molecule has 0 saturated carbocycles. The van der Waals surface area contributed by atoms with Crippen LogP contribution in [0.5, 0.6) is 0 Å². The molecule has 2 heterocycles. The van der Waals surface area contributed by atoms with Crippen LogP contribution in [0.15, 0.2) is 40.9 Å². The molecule has 0 aliphatic heterocycles. The second kappa shape index (κ2) is 8.24. The monoisotopic (exact) mass is 406 g/mol. The molecule has 26 heavy (non-hydrogen) atoms. The minimum Gasteiger partial charge on any atom is -0.325 e. The number of carbonyl (C=O) groups excluding carboxylic acids is 1. The van der Waals surface area contributed by atoms with E-state index >= 15 is 0 Å². The first-order valence-electron chi connectivity index (χ1n) is 8.20. The lowest BCUT2D eigenvalue weighted by Crippen LogP contribution is -2.23. The maximum Gasteiger partial charge on any atom is 0.237 e. The highest BCUT2D eigenvalue weighted by Crippen LogP contribution is 2.30. The number of thiophene rings is 1. The third-order valence-electron chi connectivity index (χ3n) is 3.88. The number of anilines is 1. The van der Waals surface area contributed by atoms with E-state index in [1.807, 2.05) is 48.9 Å². The van der Waals surface area contributed by atoms with Gasteiger partial charge in [-0.1, -0.05) is 35.5 Å². The summed E-state index contributed by atoms with van der Waals surface area (Å²) in [7, 11) is 0. The summed E-state index contributed by atoms with van der Waals surface area (Å²) in [5.74, 6) is 0.743. The van der Waals surface area contributed by atoms with Crippen molar-refractivity contribution in [1.82, 2.24) is 14.8 Å². The fourth-order valence-electron chi connectivity index (χ4n) is 2.42. The van der Waals surface area contributed by atoms with Crippen molar-refractivity contribution in [2.24, 2.45) is 0 Å². The van der Waals surface area contributed by atoms with E-state index in [0.717, 1.165) is 33.7 Å². The van der Waals surface area contributed by atoms with E-state index in [-0.39, 0.29) is 11.2 Å². The molecule has 1 unspecified atom stereocenters. The smallest absolute Gasteiger partial charge is 0.237 e. The first-order valence-corrected chi connectivity index (χ1v) is 10.3. The minimum absolute atomic E-state index is 0.0938. The Bertz CT molecular complexity index is 908. The largest absolute Gasteiger partial charge is 0.325 e. The van der Waals surface area contributed by atoms with Crippen LogP contribution in [0.4, 0.5) is 5.69 Å². The highest BCUT2D eigenvalue weighted by atomic mass is 35.5. The molecule has 0 radical (unpaired) electrons. The van der Waals surface area contributed by atoms with Crippen molar-refractivity contribution in [3.63, 3.8) is 0 Å². The number of nitrogens with one attached hydrogen (secondary N) is 1. The number of aryl methyl sites for hydroxylation is 1. The molecule has 136 valence electrons. The predicted molar refractivity (Wildman–Crippen MR) is 109 cm³/mol. The van der Waals surface area contributed by atoms with Crippen molar-refractivity contribution in [1.29, 1.82) is 0 Å². The van der Waals surface area contributed by atoms with Crippen molar-refractivity contribution < 1.29 is 4.79 Å². The average Bonchev–Trinajstić information content (AvgIpc) is 3.27. The lowest BCUT2D eigenvalue weighted by Gasteiger charge is -2.14. The van der Waals surface area contributed by atoms with Gasteiger partial charge in [0, 0.05) is 17.3 Å². The molecule has 0 aliphatic carbocycles. The van der Waals surface area contributed by atoms with Crippen molar-refractivity contribution in [3.8, 4) is 10.7 Å². The summed E-state index contributed by atoms with van der Waals surface area (Å²) in [5.41, 5.74) is 1.70. The second-order valence-corrected chi connectivity index (χ2v) is 8.43. The zero-order valence-corrected chi connectivity index (χ0v) is 17.1. The van der Waals surface area contributed by atoms with Gasteiger partial charge >= 0.3 is 0 Å². The Labute approximate surface area is 165 Å². The molecular weight excluding hydrogens is 388 g/mol. The van der Waals surface area contributed by atoms with Crippen LogP contribution in [0.2, 0.25) is 5.02 Å². The van der Waals surface area contributed by atoms with E-state index in [4.69, 9.17) is 11.6 Å². The lowest BCUT2D eigenvalue weighted by molar-refractivity contribution is -0.115. The van der Waals surface area contributed by atoms with E-state index in [9.17, 15) is 4.79 Å². The SMILES string of the molecule is CCn1c(SC(C)C(=O)Nc2cc(Cl)ccc2C)nnc1-c1cccs1. The van der Waals surface area contributed by atoms with Crippen LogP contribution >= 0.6 is 34.7 Å². The first kappa shape index (κ1) is 18.9. The highest BCUT2D eigenvalue weighted by molar-refractivity contribution is 8.00.